The number of hydrogen-bond donors (Lipinski definition) is 4. The van der Waals surface area contributed by atoms with Crippen molar-refractivity contribution in [1.82, 2.24) is 35.6 Å². The van der Waals surface area contributed by atoms with E-state index in [0.717, 1.165) is 27.3 Å². The van der Waals surface area contributed by atoms with Crippen LogP contribution in [0.15, 0.2) is 84.5 Å². The van der Waals surface area contributed by atoms with Crippen LogP contribution in [0.3, 0.4) is 0 Å². The van der Waals surface area contributed by atoms with E-state index in [9.17, 15) is 24.3 Å². The number of thiazole rings is 1. The van der Waals surface area contributed by atoms with Crippen LogP contribution in [0.4, 0.5) is 0 Å². The zero-order valence-electron chi connectivity index (χ0n) is 37.6. The Morgan fingerprint density at radius 2 is 1.68 bits per heavy atom. The summed E-state index contributed by atoms with van der Waals surface area (Å²) in [7, 11) is 0. The number of benzene rings is 3. The lowest BCUT2D eigenvalue weighted by atomic mass is 9.85. The number of aliphatic hydroxyl groups is 1. The molecular formula is C48H55ClN8O8S. The van der Waals surface area contributed by atoms with Gasteiger partial charge in [-0.2, -0.15) is 10.4 Å². The Morgan fingerprint density at radius 1 is 0.970 bits per heavy atom. The first-order valence-corrected chi connectivity index (χ1v) is 22.8. The monoisotopic (exact) mass is 938 g/mol. The number of β-amino-alcohol motifs (C(OH)–C–C–N with tert-alkyl or cyclic N) is 1. The number of nitrogens with zero attached hydrogens (tertiary/aromatic N) is 5. The summed E-state index contributed by atoms with van der Waals surface area (Å²) >= 11 is 7.74. The predicted octanol–water partition coefficient (Wildman–Crippen LogP) is 5.55. The molecule has 1 aliphatic rings. The first-order valence-electron chi connectivity index (χ1n) is 21.6. The molecule has 1 aliphatic heterocycles. The van der Waals surface area contributed by atoms with Crippen molar-refractivity contribution in [1.29, 1.82) is 5.26 Å². The largest absolute Gasteiger partial charge is 0.491 e. The maximum absolute atomic E-state index is 13.9. The fourth-order valence-corrected chi connectivity index (χ4v) is 8.34. The molecule has 2 aromatic heterocycles. The Kier molecular flexibility index (Phi) is 17.1. The summed E-state index contributed by atoms with van der Waals surface area (Å²) in [5.41, 5.74) is 6.33. The molecule has 348 valence electrons. The summed E-state index contributed by atoms with van der Waals surface area (Å²) < 4.78 is 18.6. The maximum Gasteiger partial charge on any atom is 0.251 e. The van der Waals surface area contributed by atoms with Crippen LogP contribution in [0.2, 0.25) is 5.02 Å². The Hall–Kier alpha value is -6.16. The highest BCUT2D eigenvalue weighted by Crippen LogP contribution is 2.29. The van der Waals surface area contributed by atoms with Crippen LogP contribution in [0.25, 0.3) is 21.7 Å². The molecule has 0 aliphatic carbocycles. The molecular weight excluding hydrogens is 884 g/mol. The van der Waals surface area contributed by atoms with Gasteiger partial charge in [0.1, 0.15) is 37.1 Å². The highest BCUT2D eigenvalue weighted by Gasteiger charge is 2.44. The van der Waals surface area contributed by atoms with E-state index in [4.69, 9.17) is 31.1 Å². The molecule has 4 atom stereocenters. The maximum atomic E-state index is 13.9. The molecule has 16 nitrogen and oxygen atoms in total. The number of halogens is 1. The molecule has 3 aromatic carbocycles. The van der Waals surface area contributed by atoms with E-state index < -0.39 is 35.4 Å². The fraction of sp³-hybridized carbons (Fsp3) is 0.396. The molecule has 4 N–H and O–H groups in total. The van der Waals surface area contributed by atoms with Crippen molar-refractivity contribution in [2.45, 2.75) is 78.4 Å². The number of nitrogens with one attached hydrogen (secondary N) is 3. The second-order valence-corrected chi connectivity index (χ2v) is 18.3. The van der Waals surface area contributed by atoms with Gasteiger partial charge in [0.05, 0.1) is 64.8 Å². The third-order valence-corrected chi connectivity index (χ3v) is 12.1. The number of aliphatic hydroxyl groups excluding tert-OH is 1. The van der Waals surface area contributed by atoms with Crippen LogP contribution in [0.5, 0.6) is 5.75 Å². The molecule has 18 heteroatoms. The molecule has 6 rings (SSSR count). The predicted molar refractivity (Wildman–Crippen MR) is 250 cm³/mol. The van der Waals surface area contributed by atoms with E-state index in [0.29, 0.717) is 34.1 Å². The van der Waals surface area contributed by atoms with Crippen LogP contribution in [-0.4, -0.2) is 112 Å². The van der Waals surface area contributed by atoms with Gasteiger partial charge in [0, 0.05) is 42.9 Å². The average molecular weight is 940 g/mol. The number of carbonyl (C=O) groups is 4. The van der Waals surface area contributed by atoms with Gasteiger partial charge in [-0.3, -0.25) is 23.9 Å². The van der Waals surface area contributed by atoms with Crippen molar-refractivity contribution in [3.63, 3.8) is 0 Å². The normalized spacial score (nSPS) is 15.7. The van der Waals surface area contributed by atoms with Gasteiger partial charge in [0.25, 0.3) is 5.91 Å². The second-order valence-electron chi connectivity index (χ2n) is 17.1. The zero-order valence-corrected chi connectivity index (χ0v) is 39.2. The van der Waals surface area contributed by atoms with Gasteiger partial charge >= 0.3 is 0 Å². The molecule has 0 radical (unpaired) electrons. The fourth-order valence-electron chi connectivity index (χ4n) is 7.30. The van der Waals surface area contributed by atoms with Crippen LogP contribution in [0.1, 0.15) is 61.3 Å². The Bertz CT molecular complexity index is 2500. The van der Waals surface area contributed by atoms with E-state index in [2.05, 4.69) is 26.0 Å². The summed E-state index contributed by atoms with van der Waals surface area (Å²) in [6, 6.07) is 21.5. The van der Waals surface area contributed by atoms with Gasteiger partial charge in [-0.05, 0) is 72.9 Å². The van der Waals surface area contributed by atoms with Crippen LogP contribution in [-0.2, 0) is 36.9 Å². The summed E-state index contributed by atoms with van der Waals surface area (Å²) in [5, 5.41) is 33.3. The quantitative estimate of drug-likeness (QED) is 0.0712. The standard InChI is InChI=1S/C48H55ClN8O8S/c1-30(26-56-17-16-40(55-56)35-10-11-36(24-50)39(49)22-35)53-45(60)34-12-14-38(15-13-34)65-21-20-63-18-19-64-28-42(59)54-44(48(3,4)5)47(62)57-27-37(58)23-41(57)46(61)51-25-32-6-8-33(9-7-32)43-31(2)52-29-66-43/h6-17,22,29-30,37,41,44,58H,18-21,23,25-28H2,1-5H3,(H,51,61)(H,53,60)(H,54,59)/t30-,37+,41-,44?/m0/s1. The topological polar surface area (TPSA) is 210 Å². The van der Waals surface area contributed by atoms with Crippen LogP contribution >= 0.6 is 22.9 Å². The molecule has 66 heavy (non-hydrogen) atoms. The van der Waals surface area contributed by atoms with Crippen molar-refractivity contribution < 1.29 is 38.5 Å². The molecule has 3 heterocycles. The van der Waals surface area contributed by atoms with Crippen LogP contribution < -0.4 is 20.7 Å². The Morgan fingerprint density at radius 3 is 2.36 bits per heavy atom. The van der Waals surface area contributed by atoms with Gasteiger partial charge in [-0.25, -0.2) is 4.98 Å². The van der Waals surface area contributed by atoms with Gasteiger partial charge in [-0.15, -0.1) is 11.3 Å². The van der Waals surface area contributed by atoms with Crippen molar-refractivity contribution in [3.05, 3.63) is 112 Å². The molecule has 0 bridgehead atoms. The van der Waals surface area contributed by atoms with Gasteiger partial charge < -0.3 is 40.2 Å². The number of ether oxygens (including phenoxy) is 3. The number of aromatic nitrogens is 3. The summed E-state index contributed by atoms with van der Waals surface area (Å²) in [6.45, 7) is 10.4. The van der Waals surface area contributed by atoms with Gasteiger partial charge in [0.15, 0.2) is 0 Å². The molecule has 5 aromatic rings. The number of hydrogen-bond acceptors (Lipinski definition) is 12. The summed E-state index contributed by atoms with van der Waals surface area (Å²) in [6.07, 6.45) is 1.02. The molecule has 1 saturated heterocycles. The Balaban J connectivity index is 0.860. The number of nitriles is 1. The number of amides is 4. The highest BCUT2D eigenvalue weighted by molar-refractivity contribution is 7.13. The van der Waals surface area contributed by atoms with Gasteiger partial charge in [-0.1, -0.05) is 62.7 Å². The number of rotatable bonds is 20. The summed E-state index contributed by atoms with van der Waals surface area (Å²) in [5.74, 6) is -1.03. The summed E-state index contributed by atoms with van der Waals surface area (Å²) in [4.78, 5) is 60.0. The zero-order chi connectivity index (χ0) is 47.4. The number of likely N-dealkylation sites (tertiary alicyclic amines) is 1. The minimum absolute atomic E-state index is 0.0293. The van der Waals surface area contributed by atoms with E-state index in [-0.39, 0.29) is 70.4 Å². The first-order chi connectivity index (χ1) is 31.6. The smallest absolute Gasteiger partial charge is 0.251 e. The van der Waals surface area contributed by atoms with E-state index in [1.807, 2.05) is 77.2 Å². The molecule has 1 fully saturated rings. The number of carbonyl (C=O) groups excluding carboxylic acids is 4. The molecule has 4 amide bonds. The number of aryl methyl sites for hydroxylation is 1. The van der Waals surface area contributed by atoms with Crippen molar-refractivity contribution in [2.24, 2.45) is 5.41 Å². The highest BCUT2D eigenvalue weighted by atomic mass is 35.5. The lowest BCUT2D eigenvalue weighted by Gasteiger charge is -2.35. The van der Waals surface area contributed by atoms with Gasteiger partial charge in [0.2, 0.25) is 17.7 Å². The second kappa shape index (κ2) is 22.8. The van der Waals surface area contributed by atoms with E-state index in [1.54, 1.807) is 64.0 Å². The molecule has 1 unspecified atom stereocenters. The molecule has 0 saturated carbocycles. The van der Waals surface area contributed by atoms with Crippen LogP contribution in [0, 0.1) is 23.7 Å². The Labute approximate surface area is 393 Å². The lowest BCUT2D eigenvalue weighted by molar-refractivity contribution is -0.144. The SMILES string of the molecule is Cc1ncsc1-c1ccc(CNC(=O)[C@@H]2C[C@@H](O)CN2C(=O)C(NC(=O)COCCOCCOc2ccc(C(=O)N[C@@H](C)Cn3ccc(-c4ccc(C#N)c(Cl)c4)n3)cc2)C(C)(C)C)cc1. The van der Waals surface area contributed by atoms with Crippen molar-refractivity contribution in [3.8, 4) is 33.5 Å². The van der Waals surface area contributed by atoms with E-state index >= 15 is 0 Å². The van der Waals surface area contributed by atoms with Crippen molar-refractivity contribution >= 4 is 46.6 Å². The van der Waals surface area contributed by atoms with Crippen molar-refractivity contribution in [2.75, 3.05) is 39.6 Å². The third-order valence-electron chi connectivity index (χ3n) is 10.8. The minimum Gasteiger partial charge on any atom is -0.491 e. The minimum atomic E-state index is -0.984. The first kappa shape index (κ1) is 49.3. The lowest BCUT2D eigenvalue weighted by Crippen LogP contribution is -2.58. The third kappa shape index (κ3) is 13.5. The average Bonchev–Trinajstić information content (AvgIpc) is 4.05. The van der Waals surface area contributed by atoms with E-state index in [1.165, 1.54) is 4.90 Å². The molecule has 0 spiro atoms.